The van der Waals surface area contributed by atoms with Crippen LogP contribution in [0.4, 0.5) is 11.5 Å². The van der Waals surface area contributed by atoms with Crippen molar-refractivity contribution in [2.24, 2.45) is 0 Å². The van der Waals surface area contributed by atoms with Gasteiger partial charge < -0.3 is 20.1 Å². The Hall–Kier alpha value is -1.67. The van der Waals surface area contributed by atoms with E-state index in [0.29, 0.717) is 11.4 Å². The summed E-state index contributed by atoms with van der Waals surface area (Å²) in [5, 5.41) is 9.19. The number of piperazine rings is 1. The third-order valence-corrected chi connectivity index (χ3v) is 3.47. The number of nitrogens with two attached hydrogens (primary N) is 1. The Labute approximate surface area is 108 Å². The van der Waals surface area contributed by atoms with Crippen LogP contribution in [-0.4, -0.2) is 42.7 Å². The first-order chi connectivity index (χ1) is 8.54. The van der Waals surface area contributed by atoms with E-state index in [1.54, 1.807) is 6.07 Å². The highest BCUT2D eigenvalue weighted by Crippen LogP contribution is 2.31. The third-order valence-electron chi connectivity index (χ3n) is 3.47. The van der Waals surface area contributed by atoms with Gasteiger partial charge in [0.2, 0.25) is 0 Å². The fourth-order valence-corrected chi connectivity index (χ4v) is 2.50. The normalized spacial score (nSPS) is 17.2. The molecule has 0 radical (unpaired) electrons. The molecule has 0 amide bonds. The Morgan fingerprint density at radius 1 is 1.28 bits per heavy atom. The first kappa shape index (κ1) is 12.8. The summed E-state index contributed by atoms with van der Waals surface area (Å²) in [5.41, 5.74) is 7.46. The van der Waals surface area contributed by atoms with Crippen molar-refractivity contribution in [1.82, 2.24) is 9.47 Å². The summed E-state index contributed by atoms with van der Waals surface area (Å²) in [5.74, 6) is 1.01. The lowest BCUT2D eigenvalue weighted by Gasteiger charge is -2.35. The molecule has 1 fully saturated rings. The van der Waals surface area contributed by atoms with Crippen LogP contribution in [0.2, 0.25) is 0 Å². The molecule has 0 bridgehead atoms. The molecule has 0 aromatic carbocycles. The van der Waals surface area contributed by atoms with Gasteiger partial charge in [-0.2, -0.15) is 5.26 Å². The number of nitrogen functional groups attached to an aromatic ring is 1. The smallest absolute Gasteiger partial charge is 0.133 e. The monoisotopic (exact) mass is 247 g/mol. The van der Waals surface area contributed by atoms with Gasteiger partial charge in [-0.1, -0.05) is 0 Å². The lowest BCUT2D eigenvalue weighted by molar-refractivity contribution is 0.310. The molecule has 98 valence electrons. The molecule has 1 saturated heterocycles. The molecular weight excluding hydrogens is 226 g/mol. The minimum absolute atomic E-state index is 0.242. The van der Waals surface area contributed by atoms with E-state index in [4.69, 9.17) is 5.73 Å². The fourth-order valence-electron chi connectivity index (χ4n) is 2.50. The number of likely N-dealkylation sites (N-methyl/N-ethyl adjacent to an activating group) is 1. The van der Waals surface area contributed by atoms with Crippen LogP contribution in [0.25, 0.3) is 0 Å². The van der Waals surface area contributed by atoms with Gasteiger partial charge in [-0.05, 0) is 27.0 Å². The lowest BCUT2D eigenvalue weighted by atomic mass is 10.3. The first-order valence-corrected chi connectivity index (χ1v) is 6.39. The van der Waals surface area contributed by atoms with Crippen LogP contribution in [0.5, 0.6) is 0 Å². The van der Waals surface area contributed by atoms with Crippen LogP contribution < -0.4 is 10.6 Å². The van der Waals surface area contributed by atoms with Gasteiger partial charge in [-0.25, -0.2) is 0 Å². The first-order valence-electron chi connectivity index (χ1n) is 6.39. The predicted octanol–water partition coefficient (Wildman–Crippen LogP) is 1.27. The average molecular weight is 247 g/mol. The van der Waals surface area contributed by atoms with Crippen LogP contribution in [0.1, 0.15) is 25.6 Å². The summed E-state index contributed by atoms with van der Waals surface area (Å²) < 4.78 is 2.04. The Balaban J connectivity index is 2.38. The van der Waals surface area contributed by atoms with Gasteiger partial charge in [-0.3, -0.25) is 0 Å². The van der Waals surface area contributed by atoms with Gasteiger partial charge in [0.05, 0.1) is 5.69 Å². The van der Waals surface area contributed by atoms with E-state index in [0.717, 1.165) is 32.0 Å². The second-order valence-corrected chi connectivity index (χ2v) is 5.17. The third kappa shape index (κ3) is 2.16. The molecule has 5 nitrogen and oxygen atoms in total. The number of rotatable bonds is 2. The fraction of sp³-hybridized carbons (Fsp3) is 0.615. The van der Waals surface area contributed by atoms with Crippen LogP contribution in [-0.2, 0) is 0 Å². The summed E-state index contributed by atoms with van der Waals surface area (Å²) in [6, 6.07) is 4.26. The average Bonchev–Trinajstić information content (AvgIpc) is 2.67. The van der Waals surface area contributed by atoms with E-state index >= 15 is 0 Å². The maximum Gasteiger partial charge on any atom is 0.133 e. The number of hydrogen-bond donors (Lipinski definition) is 1. The van der Waals surface area contributed by atoms with Crippen molar-refractivity contribution in [3.05, 3.63) is 11.8 Å². The predicted molar refractivity (Wildman–Crippen MR) is 73.7 cm³/mol. The number of aromatic nitrogens is 1. The number of hydrogen-bond acceptors (Lipinski definition) is 4. The van der Waals surface area contributed by atoms with Crippen molar-refractivity contribution in [3.63, 3.8) is 0 Å². The zero-order valence-corrected chi connectivity index (χ0v) is 11.3. The topological polar surface area (TPSA) is 61.2 Å². The Morgan fingerprint density at radius 2 is 1.89 bits per heavy atom. The molecule has 0 aliphatic carbocycles. The van der Waals surface area contributed by atoms with Crippen LogP contribution in [0.15, 0.2) is 6.07 Å². The van der Waals surface area contributed by atoms with Crippen LogP contribution in [0, 0.1) is 11.3 Å². The second kappa shape index (κ2) is 4.91. The summed E-state index contributed by atoms with van der Waals surface area (Å²) in [6.45, 7) is 8.15. The van der Waals surface area contributed by atoms with Crippen molar-refractivity contribution in [1.29, 1.82) is 5.26 Å². The number of nitriles is 1. The van der Waals surface area contributed by atoms with E-state index in [9.17, 15) is 5.26 Å². The summed E-state index contributed by atoms with van der Waals surface area (Å²) in [6.07, 6.45) is 0. The molecule has 1 aliphatic rings. The molecule has 2 heterocycles. The molecule has 1 aromatic heterocycles. The Kier molecular flexibility index (Phi) is 3.48. The van der Waals surface area contributed by atoms with Gasteiger partial charge >= 0.3 is 0 Å². The minimum Gasteiger partial charge on any atom is -0.396 e. The number of nitrogens with zero attached hydrogens (tertiary/aromatic N) is 4. The maximum atomic E-state index is 9.19. The summed E-state index contributed by atoms with van der Waals surface area (Å²) in [7, 11) is 2.13. The van der Waals surface area contributed by atoms with E-state index in [2.05, 4.69) is 36.8 Å². The van der Waals surface area contributed by atoms with E-state index in [1.807, 2.05) is 4.57 Å². The highest BCUT2D eigenvalue weighted by atomic mass is 15.3. The van der Waals surface area contributed by atoms with Gasteiger partial charge in [0.1, 0.15) is 17.6 Å². The van der Waals surface area contributed by atoms with Crippen molar-refractivity contribution < 1.29 is 0 Å². The van der Waals surface area contributed by atoms with Crippen LogP contribution >= 0.6 is 0 Å². The van der Waals surface area contributed by atoms with Crippen molar-refractivity contribution >= 4 is 11.5 Å². The largest absolute Gasteiger partial charge is 0.396 e. The summed E-state index contributed by atoms with van der Waals surface area (Å²) >= 11 is 0. The van der Waals surface area contributed by atoms with Gasteiger partial charge in [0, 0.05) is 32.2 Å². The lowest BCUT2D eigenvalue weighted by Crippen LogP contribution is -2.45. The molecule has 18 heavy (non-hydrogen) atoms. The molecule has 0 unspecified atom stereocenters. The zero-order valence-electron chi connectivity index (χ0n) is 11.3. The zero-order chi connectivity index (χ0) is 13.3. The second-order valence-electron chi connectivity index (χ2n) is 5.17. The number of anilines is 2. The van der Waals surface area contributed by atoms with E-state index in [1.165, 1.54) is 0 Å². The Bertz CT molecular complexity index is 460. The molecule has 5 heteroatoms. The quantitative estimate of drug-likeness (QED) is 0.855. The highest BCUT2D eigenvalue weighted by Gasteiger charge is 2.23. The summed E-state index contributed by atoms with van der Waals surface area (Å²) in [4.78, 5) is 4.59. The van der Waals surface area contributed by atoms with Gasteiger partial charge in [0.25, 0.3) is 0 Å². The Morgan fingerprint density at radius 3 is 2.39 bits per heavy atom. The molecule has 2 rings (SSSR count). The van der Waals surface area contributed by atoms with Crippen molar-refractivity contribution in [2.75, 3.05) is 43.9 Å². The molecule has 2 N–H and O–H groups in total. The molecule has 0 spiro atoms. The van der Waals surface area contributed by atoms with Crippen molar-refractivity contribution in [3.8, 4) is 6.07 Å². The molecular formula is C13H21N5. The van der Waals surface area contributed by atoms with Gasteiger partial charge in [0.15, 0.2) is 0 Å². The molecule has 0 atom stereocenters. The van der Waals surface area contributed by atoms with Gasteiger partial charge in [-0.15, -0.1) is 0 Å². The molecule has 1 aliphatic heterocycles. The standard InChI is InChI=1S/C13H21N5/c1-10(2)18-11(9-14)8-12(15)13(18)17-6-4-16(3)5-7-17/h8,10H,4-7,15H2,1-3H3. The van der Waals surface area contributed by atoms with Crippen LogP contribution in [0.3, 0.4) is 0 Å². The SMILES string of the molecule is CC(C)n1c(C#N)cc(N)c1N1CCN(C)CC1. The maximum absolute atomic E-state index is 9.19. The molecule has 1 aromatic rings. The molecule has 0 saturated carbocycles. The minimum atomic E-state index is 0.242. The van der Waals surface area contributed by atoms with Crippen molar-refractivity contribution in [2.45, 2.75) is 19.9 Å². The van der Waals surface area contributed by atoms with E-state index in [-0.39, 0.29) is 6.04 Å². The highest BCUT2D eigenvalue weighted by molar-refractivity contribution is 5.68. The van der Waals surface area contributed by atoms with E-state index < -0.39 is 0 Å².